The van der Waals surface area contributed by atoms with Gasteiger partial charge in [-0.2, -0.15) is 0 Å². The third-order valence-corrected chi connectivity index (χ3v) is 2.51. The zero-order chi connectivity index (χ0) is 12.1. The van der Waals surface area contributed by atoms with Crippen molar-refractivity contribution in [3.63, 3.8) is 0 Å². The molecule has 4 heteroatoms. The number of rotatable bonds is 4. The van der Waals surface area contributed by atoms with Gasteiger partial charge in [0.25, 0.3) is 0 Å². The zero-order valence-electron chi connectivity index (χ0n) is 9.00. The van der Waals surface area contributed by atoms with E-state index < -0.39 is 0 Å². The van der Waals surface area contributed by atoms with Crippen LogP contribution in [-0.2, 0) is 0 Å². The molecule has 0 fully saturated rings. The Morgan fingerprint density at radius 3 is 2.88 bits per heavy atom. The highest BCUT2D eigenvalue weighted by Gasteiger charge is 2.15. The first-order chi connectivity index (χ1) is 7.58. The molecule has 0 spiro atoms. The van der Waals surface area contributed by atoms with Crippen molar-refractivity contribution in [3.05, 3.63) is 34.6 Å². The summed E-state index contributed by atoms with van der Waals surface area (Å²) in [6.45, 7) is 2.06. The molecule has 0 aliphatic carbocycles. The number of terminal acetylenes is 1. The number of nitrogens with one attached hydrogen (secondary N) is 1. The van der Waals surface area contributed by atoms with Gasteiger partial charge in [-0.3, -0.25) is 5.32 Å². The second kappa shape index (κ2) is 5.86. The van der Waals surface area contributed by atoms with E-state index in [1.807, 2.05) is 6.92 Å². The van der Waals surface area contributed by atoms with Crippen LogP contribution in [0, 0.1) is 18.2 Å². The van der Waals surface area contributed by atoms with Gasteiger partial charge in [-0.1, -0.05) is 17.5 Å². The normalized spacial score (nSPS) is 14.2. The topological polar surface area (TPSA) is 38.0 Å². The third kappa shape index (κ3) is 3.21. The predicted molar refractivity (Wildman–Crippen MR) is 64.6 cm³/mol. The molecular formula is C12H14ClFN2. The van der Waals surface area contributed by atoms with Crippen LogP contribution in [0.1, 0.15) is 18.5 Å². The summed E-state index contributed by atoms with van der Waals surface area (Å²) < 4.78 is 13.6. The number of benzene rings is 1. The van der Waals surface area contributed by atoms with Crippen LogP contribution in [0.15, 0.2) is 18.2 Å². The van der Waals surface area contributed by atoms with Crippen molar-refractivity contribution in [3.8, 4) is 12.3 Å². The molecule has 2 atom stereocenters. The SMILES string of the molecule is C#CC(C)NC(CN)c1cc(Cl)ccc1F. The molecule has 2 nitrogen and oxygen atoms in total. The molecule has 0 heterocycles. The van der Waals surface area contributed by atoms with Crippen LogP contribution in [0.4, 0.5) is 4.39 Å². The van der Waals surface area contributed by atoms with E-state index >= 15 is 0 Å². The summed E-state index contributed by atoms with van der Waals surface area (Å²) >= 11 is 5.81. The van der Waals surface area contributed by atoms with Crippen molar-refractivity contribution < 1.29 is 4.39 Å². The lowest BCUT2D eigenvalue weighted by molar-refractivity contribution is 0.490. The highest BCUT2D eigenvalue weighted by atomic mass is 35.5. The van der Waals surface area contributed by atoms with Crippen molar-refractivity contribution in [2.45, 2.75) is 19.0 Å². The standard InChI is InChI=1S/C12H14ClFN2/c1-3-8(2)16-12(7-15)10-6-9(13)4-5-11(10)14/h1,4-6,8,12,16H,7,15H2,2H3. The van der Waals surface area contributed by atoms with Crippen LogP contribution in [0.3, 0.4) is 0 Å². The highest BCUT2D eigenvalue weighted by Crippen LogP contribution is 2.21. The quantitative estimate of drug-likeness (QED) is 0.791. The minimum absolute atomic E-state index is 0.174. The number of hydrogen-bond acceptors (Lipinski definition) is 2. The van der Waals surface area contributed by atoms with Gasteiger partial charge in [-0.25, -0.2) is 4.39 Å². The fourth-order valence-electron chi connectivity index (χ4n) is 1.42. The Kier molecular flexibility index (Phi) is 4.75. The Labute approximate surface area is 100.0 Å². The van der Waals surface area contributed by atoms with Gasteiger partial charge in [0.1, 0.15) is 5.82 Å². The smallest absolute Gasteiger partial charge is 0.128 e. The number of hydrogen-bond donors (Lipinski definition) is 2. The van der Waals surface area contributed by atoms with Gasteiger partial charge in [0.2, 0.25) is 0 Å². The van der Waals surface area contributed by atoms with E-state index in [4.69, 9.17) is 23.8 Å². The van der Waals surface area contributed by atoms with Gasteiger partial charge in [-0.15, -0.1) is 6.42 Å². The van der Waals surface area contributed by atoms with Crippen molar-refractivity contribution in [2.75, 3.05) is 6.54 Å². The molecule has 0 saturated carbocycles. The summed E-state index contributed by atoms with van der Waals surface area (Å²) in [5.41, 5.74) is 6.03. The zero-order valence-corrected chi connectivity index (χ0v) is 9.76. The van der Waals surface area contributed by atoms with Crippen LogP contribution < -0.4 is 11.1 Å². The molecule has 1 aromatic rings. The van der Waals surface area contributed by atoms with Crippen molar-refractivity contribution in [1.29, 1.82) is 0 Å². The van der Waals surface area contributed by atoms with E-state index in [-0.39, 0.29) is 24.4 Å². The molecular weight excluding hydrogens is 227 g/mol. The van der Waals surface area contributed by atoms with E-state index in [9.17, 15) is 4.39 Å². The monoisotopic (exact) mass is 240 g/mol. The fourth-order valence-corrected chi connectivity index (χ4v) is 1.60. The second-order valence-corrected chi connectivity index (χ2v) is 3.95. The van der Waals surface area contributed by atoms with Crippen LogP contribution in [0.5, 0.6) is 0 Å². The number of nitrogens with two attached hydrogens (primary N) is 1. The maximum Gasteiger partial charge on any atom is 0.128 e. The Morgan fingerprint density at radius 1 is 1.62 bits per heavy atom. The third-order valence-electron chi connectivity index (χ3n) is 2.27. The summed E-state index contributed by atoms with van der Waals surface area (Å²) in [5.74, 6) is 2.17. The molecule has 0 saturated heterocycles. The second-order valence-electron chi connectivity index (χ2n) is 3.51. The van der Waals surface area contributed by atoms with Gasteiger partial charge < -0.3 is 5.73 Å². The molecule has 0 amide bonds. The lowest BCUT2D eigenvalue weighted by Gasteiger charge is -2.20. The molecule has 0 bridgehead atoms. The summed E-state index contributed by atoms with van der Waals surface area (Å²) in [7, 11) is 0. The van der Waals surface area contributed by atoms with Crippen LogP contribution >= 0.6 is 11.6 Å². The molecule has 3 N–H and O–H groups in total. The van der Waals surface area contributed by atoms with Gasteiger partial charge >= 0.3 is 0 Å². The van der Waals surface area contributed by atoms with Gasteiger partial charge in [0, 0.05) is 23.2 Å². The Balaban J connectivity index is 2.95. The molecule has 0 aliphatic heterocycles. The largest absolute Gasteiger partial charge is 0.329 e. The Hall–Kier alpha value is -1.08. The molecule has 0 aliphatic rings. The van der Waals surface area contributed by atoms with Crippen molar-refractivity contribution in [2.24, 2.45) is 5.73 Å². The molecule has 0 aromatic heterocycles. The van der Waals surface area contributed by atoms with Gasteiger partial charge in [0.15, 0.2) is 0 Å². The predicted octanol–water partition coefficient (Wildman–Crippen LogP) is 2.09. The molecule has 1 rings (SSSR count). The van der Waals surface area contributed by atoms with E-state index in [1.54, 1.807) is 6.07 Å². The minimum Gasteiger partial charge on any atom is -0.329 e. The first-order valence-electron chi connectivity index (χ1n) is 4.95. The Morgan fingerprint density at radius 2 is 2.31 bits per heavy atom. The fraction of sp³-hybridized carbons (Fsp3) is 0.333. The van der Waals surface area contributed by atoms with Crippen LogP contribution in [-0.4, -0.2) is 12.6 Å². The maximum absolute atomic E-state index is 13.6. The lowest BCUT2D eigenvalue weighted by atomic mass is 10.1. The van der Waals surface area contributed by atoms with E-state index in [0.717, 1.165) is 0 Å². The summed E-state index contributed by atoms with van der Waals surface area (Å²) in [4.78, 5) is 0. The summed E-state index contributed by atoms with van der Waals surface area (Å²) in [6.07, 6.45) is 5.25. The number of halogens is 2. The maximum atomic E-state index is 13.6. The van der Waals surface area contributed by atoms with Crippen molar-refractivity contribution >= 4 is 11.6 Å². The average Bonchev–Trinajstić information content (AvgIpc) is 2.29. The van der Waals surface area contributed by atoms with E-state index in [0.29, 0.717) is 10.6 Å². The van der Waals surface area contributed by atoms with E-state index in [2.05, 4.69) is 11.2 Å². The molecule has 1 aromatic carbocycles. The van der Waals surface area contributed by atoms with Crippen LogP contribution in [0.25, 0.3) is 0 Å². The first kappa shape index (κ1) is 13.0. The van der Waals surface area contributed by atoms with Gasteiger partial charge in [0.05, 0.1) is 6.04 Å². The lowest BCUT2D eigenvalue weighted by Crippen LogP contribution is -2.34. The summed E-state index contributed by atoms with van der Waals surface area (Å²) in [6, 6.07) is 3.88. The Bertz CT molecular complexity index is 400. The molecule has 86 valence electrons. The van der Waals surface area contributed by atoms with Gasteiger partial charge in [-0.05, 0) is 25.1 Å². The molecule has 2 unspecified atom stereocenters. The van der Waals surface area contributed by atoms with E-state index in [1.165, 1.54) is 12.1 Å². The molecule has 0 radical (unpaired) electrons. The first-order valence-corrected chi connectivity index (χ1v) is 5.33. The molecule has 16 heavy (non-hydrogen) atoms. The van der Waals surface area contributed by atoms with Crippen molar-refractivity contribution in [1.82, 2.24) is 5.32 Å². The average molecular weight is 241 g/mol. The van der Waals surface area contributed by atoms with Crippen LogP contribution in [0.2, 0.25) is 5.02 Å². The summed E-state index contributed by atoms with van der Waals surface area (Å²) in [5, 5.41) is 3.52. The highest BCUT2D eigenvalue weighted by molar-refractivity contribution is 6.30. The minimum atomic E-state index is -0.337.